The van der Waals surface area contributed by atoms with Gasteiger partial charge >= 0.3 is 0 Å². The van der Waals surface area contributed by atoms with E-state index in [0.717, 1.165) is 31.2 Å². The summed E-state index contributed by atoms with van der Waals surface area (Å²) in [6, 6.07) is 11.9. The molecule has 0 spiro atoms. The zero-order valence-corrected chi connectivity index (χ0v) is 18.6. The normalized spacial score (nSPS) is 20.0. The third-order valence-electron chi connectivity index (χ3n) is 6.45. The number of carbonyl (C=O) groups excluding carboxylic acids is 1. The van der Waals surface area contributed by atoms with Gasteiger partial charge in [0.1, 0.15) is 5.82 Å². The van der Waals surface area contributed by atoms with Crippen molar-refractivity contribution in [2.24, 2.45) is 5.73 Å². The fourth-order valence-electron chi connectivity index (χ4n) is 4.60. The van der Waals surface area contributed by atoms with E-state index in [1.54, 1.807) is 24.5 Å². The van der Waals surface area contributed by atoms with Crippen LogP contribution in [0.5, 0.6) is 0 Å². The molecule has 1 amide bonds. The molecule has 9 heteroatoms. The van der Waals surface area contributed by atoms with E-state index in [1.807, 2.05) is 10.6 Å². The summed E-state index contributed by atoms with van der Waals surface area (Å²) in [7, 11) is 0. The predicted molar refractivity (Wildman–Crippen MR) is 124 cm³/mol. The van der Waals surface area contributed by atoms with Crippen LogP contribution in [0.2, 0.25) is 0 Å². The molecule has 1 aromatic carbocycles. The largest absolute Gasteiger partial charge is 0.365 e. The third kappa shape index (κ3) is 5.24. The number of rotatable bonds is 8. The van der Waals surface area contributed by atoms with E-state index in [2.05, 4.69) is 21.7 Å². The van der Waals surface area contributed by atoms with Gasteiger partial charge in [0.15, 0.2) is 0 Å². The highest BCUT2D eigenvalue weighted by Crippen LogP contribution is 2.40. The van der Waals surface area contributed by atoms with Crippen LogP contribution in [0.15, 0.2) is 55.0 Å². The first kappa shape index (κ1) is 23.4. The van der Waals surface area contributed by atoms with Crippen LogP contribution in [0.25, 0.3) is 0 Å². The summed E-state index contributed by atoms with van der Waals surface area (Å²) in [5.74, 6) is -1.52. The molecule has 176 valence electrons. The molecule has 2 aromatic heterocycles. The second-order valence-electron chi connectivity index (χ2n) is 8.69. The van der Waals surface area contributed by atoms with Crippen molar-refractivity contribution in [3.8, 4) is 6.07 Å². The quantitative estimate of drug-likeness (QED) is 0.430. The van der Waals surface area contributed by atoms with Crippen LogP contribution in [0.3, 0.4) is 0 Å². The number of primary amides is 1. The lowest BCUT2D eigenvalue weighted by Gasteiger charge is -2.40. The van der Waals surface area contributed by atoms with Gasteiger partial charge in [-0.25, -0.2) is 9.37 Å². The van der Waals surface area contributed by atoms with E-state index < -0.39 is 17.4 Å². The summed E-state index contributed by atoms with van der Waals surface area (Å²) in [5.41, 5.74) is 7.15. The topological polar surface area (TPSA) is 109 Å². The summed E-state index contributed by atoms with van der Waals surface area (Å²) < 4.78 is 28.8. The van der Waals surface area contributed by atoms with E-state index in [-0.39, 0.29) is 23.8 Å². The van der Waals surface area contributed by atoms with Crippen LogP contribution in [-0.2, 0) is 12.1 Å². The lowest BCUT2D eigenvalue weighted by molar-refractivity contribution is 0.1000. The van der Waals surface area contributed by atoms with Gasteiger partial charge in [0.05, 0.1) is 29.3 Å². The van der Waals surface area contributed by atoms with Crippen LogP contribution in [0.1, 0.15) is 48.0 Å². The van der Waals surface area contributed by atoms with Crippen LogP contribution < -0.4 is 16.4 Å². The minimum Gasteiger partial charge on any atom is -0.365 e. The molecule has 3 aromatic rings. The maximum absolute atomic E-state index is 13.5. The van der Waals surface area contributed by atoms with Crippen molar-refractivity contribution in [3.05, 3.63) is 77.9 Å². The van der Waals surface area contributed by atoms with E-state index in [9.17, 15) is 18.8 Å². The molecule has 7 nitrogen and oxygen atoms in total. The van der Waals surface area contributed by atoms with Crippen molar-refractivity contribution in [3.63, 3.8) is 0 Å². The van der Waals surface area contributed by atoms with Gasteiger partial charge in [-0.3, -0.25) is 4.79 Å². The number of hydrogen-bond donors (Lipinski definition) is 3. The molecule has 1 saturated carbocycles. The fourth-order valence-corrected chi connectivity index (χ4v) is 4.60. The second-order valence-corrected chi connectivity index (χ2v) is 8.69. The first-order valence-corrected chi connectivity index (χ1v) is 11.1. The molecule has 2 heterocycles. The zero-order chi connectivity index (χ0) is 24.1. The first-order valence-electron chi connectivity index (χ1n) is 11.1. The Morgan fingerprint density at radius 3 is 2.71 bits per heavy atom. The molecular weight excluding hydrogens is 438 g/mol. The second kappa shape index (κ2) is 10.0. The average Bonchev–Trinajstić information content (AvgIpc) is 3.24. The Kier molecular flexibility index (Phi) is 6.89. The van der Waals surface area contributed by atoms with Crippen molar-refractivity contribution in [2.45, 2.75) is 50.2 Å². The van der Waals surface area contributed by atoms with Gasteiger partial charge in [-0.2, -0.15) is 9.65 Å². The number of carbonyl (C=O) groups is 1. The van der Waals surface area contributed by atoms with E-state index in [4.69, 9.17) is 5.73 Å². The molecule has 4 N–H and O–H groups in total. The molecule has 4 rings (SSSR count). The van der Waals surface area contributed by atoms with Gasteiger partial charge in [0, 0.05) is 42.9 Å². The molecule has 0 saturated heterocycles. The monoisotopic (exact) mass is 464 g/mol. The Balaban J connectivity index is 1.50. The number of anilines is 2. The Labute approximate surface area is 196 Å². The Morgan fingerprint density at radius 2 is 2.03 bits per heavy atom. The fraction of sp³-hybridized carbons (Fsp3) is 0.320. The summed E-state index contributed by atoms with van der Waals surface area (Å²) in [5, 5.41) is 16.1. The average molecular weight is 465 g/mol. The first-order chi connectivity index (χ1) is 16.4. The van der Waals surface area contributed by atoms with Crippen LogP contribution >= 0.6 is 0 Å². The van der Waals surface area contributed by atoms with Gasteiger partial charge < -0.3 is 20.9 Å². The summed E-state index contributed by atoms with van der Waals surface area (Å²) in [4.78, 5) is 15.6. The number of benzene rings is 1. The van der Waals surface area contributed by atoms with Crippen LogP contribution in [0.4, 0.5) is 20.2 Å². The standard InChI is InChI=1S/C25H26F2N6O/c26-18-3-1-2-17(12-18)14-31-19-4-7-25(8-5-19,9-10-28)33-15-21(24(29)34)22(16-33)32-20-6-11-30-23(27)13-20/h1-3,6,11-13,15-16,19,31H,4-5,7-9,14H2,(H2,29,34)(H,30,32). The van der Waals surface area contributed by atoms with Crippen molar-refractivity contribution >= 4 is 17.3 Å². The SMILES string of the molecule is N#CCC1(n2cc(Nc3ccnc(F)c3)c(C(N)=O)c2)CCC(NCc2cccc(F)c2)CC1. The highest BCUT2D eigenvalue weighted by molar-refractivity contribution is 5.99. The highest BCUT2D eigenvalue weighted by Gasteiger charge is 2.37. The highest BCUT2D eigenvalue weighted by atomic mass is 19.1. The van der Waals surface area contributed by atoms with Gasteiger partial charge in [-0.15, -0.1) is 0 Å². The number of halogens is 2. The summed E-state index contributed by atoms with van der Waals surface area (Å²) in [6.45, 7) is 0.569. The minimum atomic E-state index is -0.643. The number of amides is 1. The Hall–Kier alpha value is -3.77. The zero-order valence-electron chi connectivity index (χ0n) is 18.6. The number of nitrogens with zero attached hydrogens (tertiary/aromatic N) is 3. The number of aromatic nitrogens is 2. The molecular formula is C25H26F2N6O. The van der Waals surface area contributed by atoms with E-state index in [1.165, 1.54) is 24.4 Å². The molecule has 0 atom stereocenters. The van der Waals surface area contributed by atoms with Crippen molar-refractivity contribution < 1.29 is 13.6 Å². The molecule has 1 aliphatic carbocycles. The molecule has 1 aliphatic rings. The Bertz CT molecular complexity index is 1210. The number of hydrogen-bond acceptors (Lipinski definition) is 5. The number of nitrogens with one attached hydrogen (secondary N) is 2. The van der Waals surface area contributed by atoms with Crippen LogP contribution in [0, 0.1) is 23.1 Å². The van der Waals surface area contributed by atoms with E-state index >= 15 is 0 Å². The van der Waals surface area contributed by atoms with Crippen molar-refractivity contribution in [1.29, 1.82) is 5.26 Å². The summed E-state index contributed by atoms with van der Waals surface area (Å²) >= 11 is 0. The van der Waals surface area contributed by atoms with Crippen molar-refractivity contribution in [2.75, 3.05) is 5.32 Å². The van der Waals surface area contributed by atoms with Crippen LogP contribution in [-0.4, -0.2) is 21.5 Å². The van der Waals surface area contributed by atoms with Gasteiger partial charge in [0.2, 0.25) is 5.95 Å². The third-order valence-corrected chi connectivity index (χ3v) is 6.45. The molecule has 0 unspecified atom stereocenters. The maximum Gasteiger partial charge on any atom is 0.252 e. The summed E-state index contributed by atoms with van der Waals surface area (Å²) in [6.07, 6.45) is 8.11. The lowest BCUT2D eigenvalue weighted by atomic mass is 9.77. The molecule has 0 aliphatic heterocycles. The Morgan fingerprint density at radius 1 is 1.24 bits per heavy atom. The maximum atomic E-state index is 13.5. The van der Waals surface area contributed by atoms with Gasteiger partial charge in [0.25, 0.3) is 5.91 Å². The lowest BCUT2D eigenvalue weighted by Crippen LogP contribution is -2.42. The van der Waals surface area contributed by atoms with Gasteiger partial charge in [-0.05, 0) is 49.4 Å². The molecule has 0 bridgehead atoms. The van der Waals surface area contributed by atoms with Crippen molar-refractivity contribution in [1.82, 2.24) is 14.9 Å². The number of nitriles is 1. The molecule has 34 heavy (non-hydrogen) atoms. The minimum absolute atomic E-state index is 0.235. The van der Waals surface area contributed by atoms with Gasteiger partial charge in [-0.1, -0.05) is 12.1 Å². The number of nitrogens with two attached hydrogens (primary N) is 1. The smallest absolute Gasteiger partial charge is 0.252 e. The van der Waals surface area contributed by atoms with E-state index in [0.29, 0.717) is 17.9 Å². The molecule has 0 radical (unpaired) electrons. The molecule has 1 fully saturated rings. The number of pyridine rings is 1. The predicted octanol–water partition coefficient (Wildman–Crippen LogP) is 4.35.